The van der Waals surface area contributed by atoms with Crippen LogP contribution >= 0.6 is 11.3 Å². The van der Waals surface area contributed by atoms with Gasteiger partial charge in [-0.15, -0.1) is 11.3 Å². The Labute approximate surface area is 188 Å². The van der Waals surface area contributed by atoms with Crippen LogP contribution in [0.5, 0.6) is 0 Å². The van der Waals surface area contributed by atoms with Crippen LogP contribution in [0.4, 0.5) is 21.2 Å². The number of anilines is 3. The lowest BCUT2D eigenvalue weighted by Gasteiger charge is -2.30. The molecule has 1 fully saturated rings. The van der Waals surface area contributed by atoms with Crippen molar-refractivity contribution in [1.82, 2.24) is 15.0 Å². The van der Waals surface area contributed by atoms with Crippen LogP contribution in [0.2, 0.25) is 0 Å². The minimum atomic E-state index is -0.516. The number of esters is 1. The lowest BCUT2D eigenvalue weighted by atomic mass is 9.97. The Bertz CT molecular complexity index is 1090. The lowest BCUT2D eigenvalue weighted by molar-refractivity contribution is -0.150. The molecule has 1 aliphatic rings. The van der Waals surface area contributed by atoms with Crippen molar-refractivity contribution in [3.63, 3.8) is 0 Å². The van der Waals surface area contributed by atoms with Gasteiger partial charge in [0.1, 0.15) is 12.4 Å². The number of halogens is 1. The van der Waals surface area contributed by atoms with E-state index in [0.717, 1.165) is 0 Å². The summed E-state index contributed by atoms with van der Waals surface area (Å²) in [6, 6.07) is 7.78. The number of para-hydroxylation sites is 1. The standard InChI is InChI=1S/C22H22FN5O3S/c1-15(29)28(19-6-3-2-5-18(19)23)22-26-17(14-32-22)13-31-20(30)16-7-11-27(12-8-16)21-24-9-4-10-25-21/h2-6,9-10,14,16H,7-8,11-13H2,1H3. The number of amides is 1. The molecule has 3 aromatic rings. The molecule has 0 radical (unpaired) electrons. The lowest BCUT2D eigenvalue weighted by Crippen LogP contribution is -2.37. The van der Waals surface area contributed by atoms with Crippen molar-refractivity contribution < 1.29 is 18.7 Å². The van der Waals surface area contributed by atoms with Crippen LogP contribution in [0.3, 0.4) is 0 Å². The molecule has 4 rings (SSSR count). The molecular formula is C22H22FN5O3S. The van der Waals surface area contributed by atoms with Gasteiger partial charge in [0, 0.05) is 37.8 Å². The SMILES string of the molecule is CC(=O)N(c1nc(COC(=O)C2CCN(c3ncccn3)CC2)cs1)c1ccccc1F. The topological polar surface area (TPSA) is 88.5 Å². The molecular weight excluding hydrogens is 433 g/mol. The average molecular weight is 456 g/mol. The Morgan fingerprint density at radius 1 is 1.19 bits per heavy atom. The Morgan fingerprint density at radius 2 is 1.91 bits per heavy atom. The number of ether oxygens (including phenoxy) is 1. The Balaban J connectivity index is 1.33. The summed E-state index contributed by atoms with van der Waals surface area (Å²) in [5.74, 6) is -0.676. The van der Waals surface area contributed by atoms with Crippen molar-refractivity contribution in [1.29, 1.82) is 0 Å². The third-order valence-electron chi connectivity index (χ3n) is 5.16. The summed E-state index contributed by atoms with van der Waals surface area (Å²) < 4.78 is 19.7. The molecule has 0 unspecified atom stereocenters. The van der Waals surface area contributed by atoms with E-state index in [4.69, 9.17) is 4.74 Å². The number of hydrogen-bond acceptors (Lipinski definition) is 8. The molecule has 8 nitrogen and oxygen atoms in total. The first-order valence-electron chi connectivity index (χ1n) is 10.2. The second kappa shape index (κ2) is 9.82. The molecule has 10 heteroatoms. The highest BCUT2D eigenvalue weighted by Gasteiger charge is 2.27. The van der Waals surface area contributed by atoms with E-state index in [1.54, 1.807) is 36.0 Å². The van der Waals surface area contributed by atoms with Crippen molar-refractivity contribution in [2.75, 3.05) is 22.9 Å². The van der Waals surface area contributed by atoms with Gasteiger partial charge in [-0.1, -0.05) is 12.1 Å². The van der Waals surface area contributed by atoms with Crippen LogP contribution in [0.1, 0.15) is 25.5 Å². The normalized spacial score (nSPS) is 14.2. The number of carbonyl (C=O) groups is 2. The Kier molecular flexibility index (Phi) is 6.69. The summed E-state index contributed by atoms with van der Waals surface area (Å²) in [4.78, 5) is 40.8. The maximum atomic E-state index is 14.2. The molecule has 2 aromatic heterocycles. The van der Waals surface area contributed by atoms with Gasteiger partial charge in [0.15, 0.2) is 5.13 Å². The van der Waals surface area contributed by atoms with E-state index in [2.05, 4.69) is 19.9 Å². The molecule has 1 aliphatic heterocycles. The van der Waals surface area contributed by atoms with E-state index >= 15 is 0 Å². The minimum Gasteiger partial charge on any atom is -0.459 e. The number of rotatable bonds is 6. The summed E-state index contributed by atoms with van der Waals surface area (Å²) >= 11 is 1.19. The van der Waals surface area contributed by atoms with Gasteiger partial charge < -0.3 is 9.64 Å². The fourth-order valence-electron chi connectivity index (χ4n) is 3.54. The number of aromatic nitrogens is 3. The summed E-state index contributed by atoms with van der Waals surface area (Å²) in [7, 11) is 0. The van der Waals surface area contributed by atoms with Gasteiger partial charge in [0.25, 0.3) is 0 Å². The summed E-state index contributed by atoms with van der Waals surface area (Å²) in [6.07, 6.45) is 4.71. The molecule has 0 N–H and O–H groups in total. The molecule has 0 bridgehead atoms. The largest absolute Gasteiger partial charge is 0.459 e. The maximum Gasteiger partial charge on any atom is 0.309 e. The number of piperidine rings is 1. The van der Waals surface area contributed by atoms with Gasteiger partial charge in [0.2, 0.25) is 11.9 Å². The fraction of sp³-hybridized carbons (Fsp3) is 0.318. The zero-order valence-electron chi connectivity index (χ0n) is 17.5. The van der Waals surface area contributed by atoms with Crippen LogP contribution in [0.25, 0.3) is 0 Å². The van der Waals surface area contributed by atoms with Crippen molar-refractivity contribution >= 4 is 40.0 Å². The zero-order valence-corrected chi connectivity index (χ0v) is 18.3. The first-order chi connectivity index (χ1) is 15.5. The first kappa shape index (κ1) is 21.8. The second-order valence-electron chi connectivity index (χ2n) is 7.35. The Morgan fingerprint density at radius 3 is 2.59 bits per heavy atom. The monoisotopic (exact) mass is 455 g/mol. The maximum absolute atomic E-state index is 14.2. The zero-order chi connectivity index (χ0) is 22.5. The molecule has 32 heavy (non-hydrogen) atoms. The van der Waals surface area contributed by atoms with Gasteiger partial charge in [-0.25, -0.2) is 19.3 Å². The highest BCUT2D eigenvalue weighted by atomic mass is 32.1. The van der Waals surface area contributed by atoms with Gasteiger partial charge in [-0.3, -0.25) is 14.5 Å². The molecule has 1 aromatic carbocycles. The van der Waals surface area contributed by atoms with Crippen LogP contribution in [-0.4, -0.2) is 39.9 Å². The molecule has 166 valence electrons. The summed E-state index contributed by atoms with van der Waals surface area (Å²) in [5.41, 5.74) is 0.642. The molecule has 0 aliphatic carbocycles. The number of hydrogen-bond donors (Lipinski definition) is 0. The highest BCUT2D eigenvalue weighted by molar-refractivity contribution is 7.14. The highest BCUT2D eigenvalue weighted by Crippen LogP contribution is 2.31. The van der Waals surface area contributed by atoms with Gasteiger partial charge >= 0.3 is 5.97 Å². The molecule has 1 saturated heterocycles. The van der Waals surface area contributed by atoms with Crippen LogP contribution in [0, 0.1) is 11.7 Å². The smallest absolute Gasteiger partial charge is 0.309 e. The van der Waals surface area contributed by atoms with E-state index in [1.807, 2.05) is 0 Å². The number of benzene rings is 1. The first-order valence-corrected chi connectivity index (χ1v) is 11.1. The van der Waals surface area contributed by atoms with E-state index < -0.39 is 5.82 Å². The minimum absolute atomic E-state index is 0.000358. The van der Waals surface area contributed by atoms with Crippen LogP contribution in [-0.2, 0) is 20.9 Å². The van der Waals surface area contributed by atoms with Crippen molar-refractivity contribution in [3.05, 3.63) is 59.6 Å². The van der Waals surface area contributed by atoms with Gasteiger partial charge in [-0.05, 0) is 31.0 Å². The van der Waals surface area contributed by atoms with Gasteiger partial charge in [-0.2, -0.15) is 0 Å². The molecule has 0 spiro atoms. The molecule has 0 atom stereocenters. The molecule has 0 saturated carbocycles. The summed E-state index contributed by atoms with van der Waals surface area (Å²) in [5, 5.41) is 2.03. The number of thiazole rings is 1. The number of carbonyl (C=O) groups excluding carboxylic acids is 2. The molecule has 3 heterocycles. The third-order valence-corrected chi connectivity index (χ3v) is 6.04. The van der Waals surface area contributed by atoms with Gasteiger partial charge in [0.05, 0.1) is 17.3 Å². The predicted molar refractivity (Wildman–Crippen MR) is 118 cm³/mol. The van der Waals surface area contributed by atoms with Crippen molar-refractivity contribution in [2.45, 2.75) is 26.4 Å². The van der Waals surface area contributed by atoms with Crippen molar-refractivity contribution in [3.8, 4) is 0 Å². The quantitative estimate of drug-likeness (QED) is 0.524. The van der Waals surface area contributed by atoms with E-state index in [0.29, 0.717) is 42.7 Å². The Hall–Kier alpha value is -3.40. The second-order valence-corrected chi connectivity index (χ2v) is 8.18. The summed E-state index contributed by atoms with van der Waals surface area (Å²) in [6.45, 7) is 2.71. The van der Waals surface area contributed by atoms with E-state index in [-0.39, 0.29) is 30.1 Å². The van der Waals surface area contributed by atoms with E-state index in [1.165, 1.54) is 35.3 Å². The van der Waals surface area contributed by atoms with Crippen molar-refractivity contribution in [2.24, 2.45) is 5.92 Å². The average Bonchev–Trinajstić information content (AvgIpc) is 3.28. The van der Waals surface area contributed by atoms with Crippen LogP contribution < -0.4 is 9.80 Å². The predicted octanol–water partition coefficient (Wildman–Crippen LogP) is 3.72. The number of nitrogens with zero attached hydrogens (tertiary/aromatic N) is 5. The fourth-order valence-corrected chi connectivity index (χ4v) is 4.40. The molecule has 1 amide bonds. The van der Waals surface area contributed by atoms with E-state index in [9.17, 15) is 14.0 Å². The third kappa shape index (κ3) is 4.91. The van der Waals surface area contributed by atoms with Crippen LogP contribution in [0.15, 0.2) is 48.1 Å².